The van der Waals surface area contributed by atoms with Gasteiger partial charge in [0.15, 0.2) is 0 Å². The second-order valence-electron chi connectivity index (χ2n) is 3.72. The molecule has 0 aliphatic heterocycles. The number of nitrogens with one attached hydrogen (secondary N) is 1. The molecule has 0 aliphatic carbocycles. The molecule has 5 nitrogen and oxygen atoms in total. The summed E-state index contributed by atoms with van der Waals surface area (Å²) in [6.45, 7) is 5.64. The number of primary amides is 1. The van der Waals surface area contributed by atoms with Gasteiger partial charge in [-0.25, -0.2) is 0 Å². The maximum Gasteiger partial charge on any atom is 0.239 e. The van der Waals surface area contributed by atoms with E-state index in [1.165, 1.54) is 0 Å². The Kier molecular flexibility index (Phi) is 5.15. The Morgan fingerprint density at radius 3 is 2.07 bits per heavy atom. The number of nitrogens with two attached hydrogens (primary N) is 2. The highest BCUT2D eigenvalue weighted by Crippen LogP contribution is 2.09. The molecule has 0 aliphatic rings. The van der Waals surface area contributed by atoms with Crippen molar-refractivity contribution in [2.45, 2.75) is 26.8 Å². The van der Waals surface area contributed by atoms with E-state index in [-0.39, 0.29) is 24.3 Å². The van der Waals surface area contributed by atoms with Crippen LogP contribution in [-0.2, 0) is 9.59 Å². The molecular weight excluding hydrogens is 182 g/mol. The molecule has 0 bridgehead atoms. The lowest BCUT2D eigenvalue weighted by atomic mass is 9.95. The predicted molar refractivity (Wildman–Crippen MR) is 54.2 cm³/mol. The molecule has 0 aromatic rings. The monoisotopic (exact) mass is 201 g/mol. The highest BCUT2D eigenvalue weighted by molar-refractivity contribution is 5.87. The van der Waals surface area contributed by atoms with E-state index in [0.29, 0.717) is 0 Å². The van der Waals surface area contributed by atoms with Crippen LogP contribution >= 0.6 is 0 Å². The fourth-order valence-electron chi connectivity index (χ4n) is 1.07. The fourth-order valence-corrected chi connectivity index (χ4v) is 1.07. The molecule has 5 heteroatoms. The number of carbonyl (C=O) groups is 2. The molecule has 2 amide bonds. The second-order valence-corrected chi connectivity index (χ2v) is 3.72. The maximum absolute atomic E-state index is 11.5. The third-order valence-electron chi connectivity index (χ3n) is 2.18. The summed E-state index contributed by atoms with van der Waals surface area (Å²) in [5.41, 5.74) is 10.5. The minimum Gasteiger partial charge on any atom is -0.368 e. The Balaban J connectivity index is 4.24. The average Bonchev–Trinajstić information content (AvgIpc) is 2.04. The van der Waals surface area contributed by atoms with Crippen LogP contribution in [0.5, 0.6) is 0 Å². The first-order valence-corrected chi connectivity index (χ1v) is 4.69. The van der Waals surface area contributed by atoms with Crippen LogP contribution in [0.2, 0.25) is 0 Å². The van der Waals surface area contributed by atoms with Crippen LogP contribution in [-0.4, -0.2) is 24.4 Å². The minimum atomic E-state index is -0.643. The largest absolute Gasteiger partial charge is 0.368 e. The number of amides is 2. The van der Waals surface area contributed by atoms with Gasteiger partial charge in [-0.15, -0.1) is 0 Å². The van der Waals surface area contributed by atoms with Crippen LogP contribution in [0.4, 0.5) is 0 Å². The van der Waals surface area contributed by atoms with Gasteiger partial charge in [-0.05, 0) is 12.8 Å². The van der Waals surface area contributed by atoms with Gasteiger partial charge in [0.05, 0.1) is 5.92 Å². The van der Waals surface area contributed by atoms with E-state index in [2.05, 4.69) is 5.32 Å². The Labute approximate surface area is 84.2 Å². The van der Waals surface area contributed by atoms with Crippen LogP contribution < -0.4 is 16.8 Å². The van der Waals surface area contributed by atoms with E-state index in [1.807, 2.05) is 13.8 Å². The molecule has 14 heavy (non-hydrogen) atoms. The van der Waals surface area contributed by atoms with E-state index in [9.17, 15) is 9.59 Å². The smallest absolute Gasteiger partial charge is 0.239 e. The Hall–Kier alpha value is -1.10. The summed E-state index contributed by atoms with van der Waals surface area (Å²) in [6.07, 6.45) is 0. The van der Waals surface area contributed by atoms with Crippen LogP contribution in [0.1, 0.15) is 20.8 Å². The summed E-state index contributed by atoms with van der Waals surface area (Å²) in [7, 11) is 0. The standard InChI is InChI=1S/C9H19N3O2/c1-5(2)7(4-10)9(14)12-6(3)8(11)13/h5-7H,4,10H2,1-3H3,(H2,11,13)(H,12,14). The lowest BCUT2D eigenvalue weighted by molar-refractivity contribution is -0.130. The van der Waals surface area contributed by atoms with E-state index < -0.39 is 11.9 Å². The molecule has 2 atom stereocenters. The number of rotatable bonds is 5. The van der Waals surface area contributed by atoms with Gasteiger partial charge in [-0.2, -0.15) is 0 Å². The minimum absolute atomic E-state index is 0.153. The number of hydrogen-bond donors (Lipinski definition) is 3. The molecule has 0 radical (unpaired) electrons. The molecule has 0 saturated heterocycles. The van der Waals surface area contributed by atoms with Crippen molar-refractivity contribution < 1.29 is 9.59 Å². The topological polar surface area (TPSA) is 98.2 Å². The molecule has 0 saturated carbocycles. The SMILES string of the molecule is CC(NC(=O)C(CN)C(C)C)C(N)=O. The molecule has 82 valence electrons. The van der Waals surface area contributed by atoms with Crippen LogP contribution in [0.25, 0.3) is 0 Å². The van der Waals surface area contributed by atoms with Crippen molar-refractivity contribution >= 4 is 11.8 Å². The Bertz CT molecular complexity index is 216. The zero-order valence-electron chi connectivity index (χ0n) is 8.91. The van der Waals surface area contributed by atoms with E-state index >= 15 is 0 Å². The first-order chi connectivity index (χ1) is 6.40. The molecule has 0 aromatic heterocycles. The lowest BCUT2D eigenvalue weighted by Gasteiger charge is -2.20. The van der Waals surface area contributed by atoms with Gasteiger partial charge in [0, 0.05) is 6.54 Å². The number of carbonyl (C=O) groups excluding carboxylic acids is 2. The van der Waals surface area contributed by atoms with Crippen molar-refractivity contribution in [1.29, 1.82) is 0 Å². The van der Waals surface area contributed by atoms with Crippen molar-refractivity contribution in [1.82, 2.24) is 5.32 Å². The summed E-state index contributed by atoms with van der Waals surface area (Å²) < 4.78 is 0. The average molecular weight is 201 g/mol. The van der Waals surface area contributed by atoms with Gasteiger partial charge in [-0.3, -0.25) is 9.59 Å². The van der Waals surface area contributed by atoms with Crippen molar-refractivity contribution in [3.8, 4) is 0 Å². The molecule has 0 rings (SSSR count). The quantitative estimate of drug-likeness (QED) is 0.543. The molecule has 2 unspecified atom stereocenters. The van der Waals surface area contributed by atoms with Gasteiger partial charge in [-0.1, -0.05) is 13.8 Å². The summed E-state index contributed by atoms with van der Waals surface area (Å²) in [5, 5.41) is 2.52. The van der Waals surface area contributed by atoms with Gasteiger partial charge in [0.2, 0.25) is 11.8 Å². The summed E-state index contributed by atoms with van der Waals surface area (Å²) in [6, 6.07) is -0.643. The van der Waals surface area contributed by atoms with Crippen LogP contribution in [0.15, 0.2) is 0 Å². The zero-order valence-corrected chi connectivity index (χ0v) is 8.91. The third-order valence-corrected chi connectivity index (χ3v) is 2.18. The van der Waals surface area contributed by atoms with Crippen molar-refractivity contribution in [3.63, 3.8) is 0 Å². The fraction of sp³-hybridized carbons (Fsp3) is 0.778. The molecule has 0 spiro atoms. The maximum atomic E-state index is 11.5. The molecule has 0 fully saturated rings. The van der Waals surface area contributed by atoms with E-state index in [4.69, 9.17) is 11.5 Å². The zero-order chi connectivity index (χ0) is 11.3. The van der Waals surface area contributed by atoms with Crippen LogP contribution in [0.3, 0.4) is 0 Å². The molecule has 0 aromatic carbocycles. The highest BCUT2D eigenvalue weighted by atomic mass is 16.2. The normalized spacial score (nSPS) is 14.9. The van der Waals surface area contributed by atoms with Gasteiger partial charge >= 0.3 is 0 Å². The van der Waals surface area contributed by atoms with Crippen molar-refractivity contribution in [3.05, 3.63) is 0 Å². The summed E-state index contributed by atoms with van der Waals surface area (Å²) in [4.78, 5) is 22.2. The van der Waals surface area contributed by atoms with Crippen molar-refractivity contribution in [2.75, 3.05) is 6.54 Å². The third kappa shape index (κ3) is 3.74. The van der Waals surface area contributed by atoms with Gasteiger partial charge < -0.3 is 16.8 Å². The van der Waals surface area contributed by atoms with Gasteiger partial charge in [0.1, 0.15) is 6.04 Å². The van der Waals surface area contributed by atoms with E-state index in [0.717, 1.165) is 0 Å². The first-order valence-electron chi connectivity index (χ1n) is 4.69. The molecule has 0 heterocycles. The predicted octanol–water partition coefficient (Wildman–Crippen LogP) is -0.793. The van der Waals surface area contributed by atoms with E-state index in [1.54, 1.807) is 6.92 Å². The first kappa shape index (κ1) is 12.9. The number of hydrogen-bond acceptors (Lipinski definition) is 3. The molecule has 5 N–H and O–H groups in total. The second kappa shape index (κ2) is 5.59. The molecular formula is C9H19N3O2. The van der Waals surface area contributed by atoms with Crippen LogP contribution in [0, 0.1) is 11.8 Å². The Morgan fingerprint density at radius 1 is 1.29 bits per heavy atom. The summed E-state index contributed by atoms with van der Waals surface area (Å²) in [5.74, 6) is -0.872. The van der Waals surface area contributed by atoms with Gasteiger partial charge in [0.25, 0.3) is 0 Å². The lowest BCUT2D eigenvalue weighted by Crippen LogP contribution is -2.47. The highest BCUT2D eigenvalue weighted by Gasteiger charge is 2.22. The summed E-state index contributed by atoms with van der Waals surface area (Å²) >= 11 is 0. The van der Waals surface area contributed by atoms with Crippen molar-refractivity contribution in [2.24, 2.45) is 23.3 Å². The Morgan fingerprint density at radius 2 is 1.79 bits per heavy atom.